The van der Waals surface area contributed by atoms with Gasteiger partial charge in [-0.05, 0) is 37.8 Å². The van der Waals surface area contributed by atoms with E-state index in [9.17, 15) is 9.59 Å². The molecule has 0 aromatic carbocycles. The molecule has 1 fully saturated rings. The summed E-state index contributed by atoms with van der Waals surface area (Å²) in [5.74, 6) is -0.116. The fourth-order valence-electron chi connectivity index (χ4n) is 2.30. The summed E-state index contributed by atoms with van der Waals surface area (Å²) in [6.45, 7) is 5.86. The van der Waals surface area contributed by atoms with Gasteiger partial charge in [0.2, 0.25) is 5.91 Å². The van der Waals surface area contributed by atoms with Crippen LogP contribution in [0.4, 0.5) is 0 Å². The van der Waals surface area contributed by atoms with Gasteiger partial charge < -0.3 is 10.2 Å². The Balaban J connectivity index is 1.88. The second-order valence-electron chi connectivity index (χ2n) is 4.82. The van der Waals surface area contributed by atoms with Gasteiger partial charge in [-0.3, -0.25) is 9.59 Å². The number of likely N-dealkylation sites (tertiary alicyclic amines) is 1. The minimum Gasteiger partial charge on any atom is -0.342 e. The van der Waals surface area contributed by atoms with Crippen molar-refractivity contribution in [1.29, 1.82) is 0 Å². The molecule has 0 radical (unpaired) electrons. The second kappa shape index (κ2) is 6.19. The van der Waals surface area contributed by atoms with E-state index in [0.29, 0.717) is 4.88 Å². The number of aryl methyl sites for hydroxylation is 2. The normalized spacial score (nSPS) is 14.7. The monoisotopic (exact) mass is 280 g/mol. The van der Waals surface area contributed by atoms with E-state index in [4.69, 9.17) is 0 Å². The van der Waals surface area contributed by atoms with Crippen LogP contribution < -0.4 is 5.32 Å². The number of nitrogens with zero attached hydrogens (tertiary/aromatic N) is 1. The van der Waals surface area contributed by atoms with Gasteiger partial charge in [-0.25, -0.2) is 0 Å². The zero-order valence-corrected chi connectivity index (χ0v) is 12.3. The van der Waals surface area contributed by atoms with Crippen molar-refractivity contribution in [2.75, 3.05) is 19.6 Å². The predicted molar refractivity (Wildman–Crippen MR) is 76.6 cm³/mol. The molecule has 1 aromatic rings. The lowest BCUT2D eigenvalue weighted by atomic mass is 10.2. The maximum atomic E-state index is 12.0. The summed E-state index contributed by atoms with van der Waals surface area (Å²) in [4.78, 5) is 27.5. The second-order valence-corrected chi connectivity index (χ2v) is 6.07. The SMILES string of the molecule is CCc1cc(C(=O)NCC(=O)N2CCCC2)sc1C. The first-order valence-electron chi connectivity index (χ1n) is 6.77. The van der Waals surface area contributed by atoms with Gasteiger partial charge >= 0.3 is 0 Å². The molecule has 0 saturated carbocycles. The first-order valence-corrected chi connectivity index (χ1v) is 7.58. The van der Waals surface area contributed by atoms with Crippen LogP contribution in [0.15, 0.2) is 6.07 Å². The van der Waals surface area contributed by atoms with Crippen molar-refractivity contribution in [1.82, 2.24) is 10.2 Å². The van der Waals surface area contributed by atoms with Crippen LogP contribution in [0.25, 0.3) is 0 Å². The molecule has 0 spiro atoms. The quantitative estimate of drug-likeness (QED) is 0.916. The van der Waals surface area contributed by atoms with Gasteiger partial charge in [0.1, 0.15) is 0 Å². The molecule has 0 bridgehead atoms. The summed E-state index contributed by atoms with van der Waals surface area (Å²) >= 11 is 1.49. The summed E-state index contributed by atoms with van der Waals surface area (Å²) < 4.78 is 0. The molecule has 2 amide bonds. The van der Waals surface area contributed by atoms with Crippen molar-refractivity contribution < 1.29 is 9.59 Å². The molecule has 0 unspecified atom stereocenters. The maximum Gasteiger partial charge on any atom is 0.261 e. The molecule has 5 heteroatoms. The minimum atomic E-state index is -0.139. The zero-order valence-electron chi connectivity index (χ0n) is 11.5. The number of carbonyl (C=O) groups is 2. The Morgan fingerprint density at radius 2 is 2.05 bits per heavy atom. The van der Waals surface area contributed by atoms with Gasteiger partial charge in [0, 0.05) is 18.0 Å². The maximum absolute atomic E-state index is 12.0. The van der Waals surface area contributed by atoms with Crippen LogP contribution in [0, 0.1) is 6.92 Å². The number of thiophene rings is 1. The van der Waals surface area contributed by atoms with E-state index in [1.807, 2.05) is 17.9 Å². The van der Waals surface area contributed by atoms with E-state index < -0.39 is 0 Å². The summed E-state index contributed by atoms with van der Waals surface area (Å²) in [5.41, 5.74) is 1.21. The Hall–Kier alpha value is -1.36. The highest BCUT2D eigenvalue weighted by molar-refractivity contribution is 7.14. The Labute approximate surface area is 117 Å². The third-order valence-electron chi connectivity index (χ3n) is 3.48. The van der Waals surface area contributed by atoms with E-state index in [0.717, 1.165) is 32.4 Å². The Morgan fingerprint density at radius 3 is 2.63 bits per heavy atom. The highest BCUT2D eigenvalue weighted by atomic mass is 32.1. The van der Waals surface area contributed by atoms with Gasteiger partial charge in [0.05, 0.1) is 11.4 Å². The summed E-state index contributed by atoms with van der Waals surface area (Å²) in [6.07, 6.45) is 3.08. The molecule has 1 aliphatic heterocycles. The van der Waals surface area contributed by atoms with Crippen LogP contribution in [0.2, 0.25) is 0 Å². The molecule has 2 rings (SSSR count). The Kier molecular flexibility index (Phi) is 4.58. The van der Waals surface area contributed by atoms with Gasteiger partial charge in [-0.1, -0.05) is 6.92 Å². The van der Waals surface area contributed by atoms with E-state index >= 15 is 0 Å². The number of hydrogen-bond donors (Lipinski definition) is 1. The van der Waals surface area contributed by atoms with Crippen molar-refractivity contribution in [3.8, 4) is 0 Å². The fourth-order valence-corrected chi connectivity index (χ4v) is 3.33. The van der Waals surface area contributed by atoms with Crippen molar-refractivity contribution in [3.63, 3.8) is 0 Å². The summed E-state index contributed by atoms with van der Waals surface area (Å²) in [6, 6.07) is 1.93. The molecule has 19 heavy (non-hydrogen) atoms. The molecule has 1 N–H and O–H groups in total. The van der Waals surface area contributed by atoms with Crippen LogP contribution in [0.1, 0.15) is 39.9 Å². The lowest BCUT2D eigenvalue weighted by Gasteiger charge is -2.15. The minimum absolute atomic E-state index is 0.0230. The molecule has 104 valence electrons. The standard InChI is InChI=1S/C14H20N2O2S/c1-3-11-8-12(19-10(11)2)14(18)15-9-13(17)16-6-4-5-7-16/h8H,3-7,9H2,1-2H3,(H,15,18). The largest absolute Gasteiger partial charge is 0.342 e. The van der Waals surface area contributed by atoms with Gasteiger partial charge in [-0.15, -0.1) is 11.3 Å². The lowest BCUT2D eigenvalue weighted by Crippen LogP contribution is -2.38. The first kappa shape index (κ1) is 14.1. The van der Waals surface area contributed by atoms with Crippen LogP contribution in [-0.4, -0.2) is 36.3 Å². The third kappa shape index (κ3) is 3.35. The average molecular weight is 280 g/mol. The van der Waals surface area contributed by atoms with E-state index in [2.05, 4.69) is 12.2 Å². The van der Waals surface area contributed by atoms with Crippen LogP contribution >= 0.6 is 11.3 Å². The number of carbonyl (C=O) groups excluding carboxylic acids is 2. The van der Waals surface area contributed by atoms with Crippen LogP contribution in [-0.2, 0) is 11.2 Å². The molecule has 1 saturated heterocycles. The molecule has 0 aliphatic carbocycles. The van der Waals surface area contributed by atoms with Gasteiger partial charge in [0.25, 0.3) is 5.91 Å². The highest BCUT2D eigenvalue weighted by Gasteiger charge is 2.19. The fraction of sp³-hybridized carbons (Fsp3) is 0.571. The smallest absolute Gasteiger partial charge is 0.261 e. The number of rotatable bonds is 4. The van der Waals surface area contributed by atoms with Crippen molar-refractivity contribution in [3.05, 3.63) is 21.4 Å². The van der Waals surface area contributed by atoms with E-state index in [1.165, 1.54) is 21.8 Å². The molecule has 2 heterocycles. The predicted octanol–water partition coefficient (Wildman–Crippen LogP) is 1.97. The Morgan fingerprint density at radius 1 is 1.37 bits per heavy atom. The van der Waals surface area contributed by atoms with Crippen molar-refractivity contribution >= 4 is 23.2 Å². The third-order valence-corrected chi connectivity index (χ3v) is 4.58. The lowest BCUT2D eigenvalue weighted by molar-refractivity contribution is -0.129. The number of amides is 2. The van der Waals surface area contributed by atoms with Crippen LogP contribution in [0.5, 0.6) is 0 Å². The molecule has 1 aliphatic rings. The highest BCUT2D eigenvalue weighted by Crippen LogP contribution is 2.21. The van der Waals surface area contributed by atoms with Gasteiger partial charge in [-0.2, -0.15) is 0 Å². The molecule has 1 aromatic heterocycles. The molecule has 4 nitrogen and oxygen atoms in total. The topological polar surface area (TPSA) is 49.4 Å². The molecule has 0 atom stereocenters. The Bertz CT molecular complexity index is 476. The zero-order chi connectivity index (χ0) is 13.8. The first-order chi connectivity index (χ1) is 9.11. The molecular formula is C14H20N2O2S. The average Bonchev–Trinajstić information content (AvgIpc) is 3.04. The summed E-state index contributed by atoms with van der Waals surface area (Å²) in [5, 5.41) is 2.72. The van der Waals surface area contributed by atoms with E-state index in [1.54, 1.807) is 0 Å². The van der Waals surface area contributed by atoms with Crippen molar-refractivity contribution in [2.45, 2.75) is 33.1 Å². The van der Waals surface area contributed by atoms with Gasteiger partial charge in [0.15, 0.2) is 0 Å². The van der Waals surface area contributed by atoms with Crippen LogP contribution in [0.3, 0.4) is 0 Å². The number of hydrogen-bond acceptors (Lipinski definition) is 3. The van der Waals surface area contributed by atoms with E-state index in [-0.39, 0.29) is 18.4 Å². The number of nitrogens with one attached hydrogen (secondary N) is 1. The van der Waals surface area contributed by atoms with Crippen molar-refractivity contribution in [2.24, 2.45) is 0 Å². The molecular weight excluding hydrogens is 260 g/mol. The summed E-state index contributed by atoms with van der Waals surface area (Å²) in [7, 11) is 0.